The van der Waals surface area contributed by atoms with Crippen LogP contribution in [0.4, 0.5) is 0 Å². The van der Waals surface area contributed by atoms with Crippen molar-refractivity contribution >= 4 is 17.0 Å². The third-order valence-corrected chi connectivity index (χ3v) is 0.558. The summed E-state index contributed by atoms with van der Waals surface area (Å²) >= 11 is 0. The average molecular weight is 200 g/mol. The number of aliphatic hydroxyl groups is 1. The predicted octanol–water partition coefficient (Wildman–Crippen LogP) is 1.32. The quantitative estimate of drug-likeness (QED) is 0.706. The molecule has 0 aromatic rings. The van der Waals surface area contributed by atoms with Crippen LogP contribution in [0.5, 0.6) is 0 Å². The first-order valence-electron chi connectivity index (χ1n) is 3.14. The summed E-state index contributed by atoms with van der Waals surface area (Å²) in [5, 5.41) is 7.57. The molecule has 0 aliphatic rings. The van der Waals surface area contributed by atoms with E-state index in [1.807, 2.05) is 0 Å². The molecule has 3 N–H and O–H groups in total. The molecule has 0 heterocycles. The van der Waals surface area contributed by atoms with E-state index in [-0.39, 0.29) is 23.6 Å². The number of nitrogens with two attached hydrogens (primary N) is 1. The Bertz CT molecular complexity index is 27.0. The molecule has 0 aromatic carbocycles. The van der Waals surface area contributed by atoms with Gasteiger partial charge in [-0.2, -0.15) is 0 Å². The molecular formula is C6H18BrNO. The van der Waals surface area contributed by atoms with Crippen LogP contribution >= 0.6 is 17.0 Å². The first-order valence-corrected chi connectivity index (χ1v) is 3.14. The second kappa shape index (κ2) is 23.8. The Labute approximate surface area is 68.2 Å². The Morgan fingerprint density at radius 1 is 1.33 bits per heavy atom. The van der Waals surface area contributed by atoms with Crippen LogP contribution in [-0.2, 0) is 0 Å². The number of aliphatic hydroxyl groups excluding tert-OH is 1. The molecule has 0 spiro atoms. The topological polar surface area (TPSA) is 46.2 Å². The third kappa shape index (κ3) is 59.7. The fraction of sp³-hybridized carbons (Fsp3) is 1.00. The van der Waals surface area contributed by atoms with Crippen molar-refractivity contribution in [3.05, 3.63) is 0 Å². The number of hydrogen-bond acceptors (Lipinski definition) is 2. The Morgan fingerprint density at radius 3 is 1.67 bits per heavy atom. The van der Waals surface area contributed by atoms with E-state index in [1.165, 1.54) is 12.8 Å². The van der Waals surface area contributed by atoms with E-state index in [0.717, 1.165) is 6.54 Å². The molecule has 60 valence electrons. The molecule has 0 radical (unpaired) electrons. The molecule has 0 atom stereocenters. The van der Waals surface area contributed by atoms with Crippen LogP contribution in [0.25, 0.3) is 0 Å². The molecule has 3 heteroatoms. The zero-order chi connectivity index (χ0) is 6.83. The zero-order valence-electron chi connectivity index (χ0n) is 6.26. The fourth-order valence-electron chi connectivity index (χ4n) is 0.204. The molecule has 0 aromatic heterocycles. The lowest BCUT2D eigenvalue weighted by Crippen LogP contribution is -1.95. The van der Waals surface area contributed by atoms with Crippen LogP contribution in [0.2, 0.25) is 0 Å². The molecule has 0 rings (SSSR count). The molecule has 0 unspecified atom stereocenters. The molecule has 9 heavy (non-hydrogen) atoms. The monoisotopic (exact) mass is 199 g/mol. The number of hydrogen-bond donors (Lipinski definition) is 2. The summed E-state index contributed by atoms with van der Waals surface area (Å²) in [6.07, 6.45) is 2.39. The third-order valence-electron chi connectivity index (χ3n) is 0.558. The molecule has 2 nitrogen and oxygen atoms in total. The van der Waals surface area contributed by atoms with E-state index in [9.17, 15) is 0 Å². The highest BCUT2D eigenvalue weighted by Crippen LogP contribution is 1.77. The van der Waals surface area contributed by atoms with Crippen molar-refractivity contribution in [1.29, 1.82) is 0 Å². The van der Waals surface area contributed by atoms with Gasteiger partial charge in [0.25, 0.3) is 0 Å². The normalized spacial score (nSPS) is 6.67. The van der Waals surface area contributed by atoms with Gasteiger partial charge in [0.05, 0.1) is 0 Å². The van der Waals surface area contributed by atoms with Gasteiger partial charge in [-0.25, -0.2) is 0 Å². The molecule has 0 saturated heterocycles. The highest BCUT2D eigenvalue weighted by molar-refractivity contribution is 8.93. The second-order valence-electron chi connectivity index (χ2n) is 1.46. The molecule has 0 aliphatic carbocycles. The van der Waals surface area contributed by atoms with E-state index in [1.54, 1.807) is 6.92 Å². The summed E-state index contributed by atoms with van der Waals surface area (Å²) in [6.45, 7) is 4.91. The van der Waals surface area contributed by atoms with Crippen molar-refractivity contribution in [3.63, 3.8) is 0 Å². The van der Waals surface area contributed by atoms with Gasteiger partial charge in [0.1, 0.15) is 0 Å². The highest BCUT2D eigenvalue weighted by atomic mass is 79.9. The van der Waals surface area contributed by atoms with Crippen LogP contribution < -0.4 is 5.73 Å². The van der Waals surface area contributed by atoms with Gasteiger partial charge in [-0.3, -0.25) is 0 Å². The maximum Gasteiger partial charge on any atom is 0.0402 e. The van der Waals surface area contributed by atoms with E-state index in [0.29, 0.717) is 0 Å². The summed E-state index contributed by atoms with van der Waals surface area (Å²) in [6, 6.07) is 0. The number of rotatable bonds is 2. The van der Waals surface area contributed by atoms with Crippen molar-refractivity contribution in [3.8, 4) is 0 Å². The molecule has 0 aliphatic heterocycles. The minimum absolute atomic E-state index is 0. The van der Waals surface area contributed by atoms with Crippen LogP contribution in [0.15, 0.2) is 0 Å². The van der Waals surface area contributed by atoms with Crippen LogP contribution in [0.3, 0.4) is 0 Å². The van der Waals surface area contributed by atoms with Gasteiger partial charge in [-0.1, -0.05) is 13.3 Å². The van der Waals surface area contributed by atoms with Crippen LogP contribution in [0.1, 0.15) is 26.7 Å². The van der Waals surface area contributed by atoms with Crippen molar-refractivity contribution in [2.24, 2.45) is 5.73 Å². The minimum Gasteiger partial charge on any atom is -0.397 e. The smallest absolute Gasteiger partial charge is 0.0402 e. The summed E-state index contributed by atoms with van der Waals surface area (Å²) < 4.78 is 0. The largest absolute Gasteiger partial charge is 0.397 e. The first kappa shape index (κ1) is 16.2. The second-order valence-corrected chi connectivity index (χ2v) is 1.46. The Balaban J connectivity index is -0.0000000800. The standard InChI is InChI=1S/C4H11N.C2H6O.BrH/c1-2-3-4-5;1-2-3;/h2-5H2,1H3;3H,2H2,1H3;1H. The van der Waals surface area contributed by atoms with Crippen molar-refractivity contribution in [1.82, 2.24) is 0 Å². The first-order chi connectivity index (χ1) is 3.83. The van der Waals surface area contributed by atoms with Gasteiger partial charge in [-0.05, 0) is 19.9 Å². The van der Waals surface area contributed by atoms with E-state index in [4.69, 9.17) is 10.8 Å². The predicted molar refractivity (Wildman–Crippen MR) is 47.0 cm³/mol. The van der Waals surface area contributed by atoms with E-state index in [2.05, 4.69) is 6.92 Å². The summed E-state index contributed by atoms with van der Waals surface area (Å²) in [5.74, 6) is 0. The van der Waals surface area contributed by atoms with Gasteiger partial charge in [0.15, 0.2) is 0 Å². The van der Waals surface area contributed by atoms with Gasteiger partial charge in [-0.15, -0.1) is 17.0 Å². The molecule has 0 amide bonds. The maximum atomic E-state index is 7.57. The lowest BCUT2D eigenvalue weighted by Gasteiger charge is -1.80. The summed E-state index contributed by atoms with van der Waals surface area (Å²) in [7, 11) is 0. The maximum absolute atomic E-state index is 7.57. The zero-order valence-corrected chi connectivity index (χ0v) is 7.97. The molecule has 0 bridgehead atoms. The Kier molecular flexibility index (Phi) is 42.7. The van der Waals surface area contributed by atoms with Crippen LogP contribution in [0, 0.1) is 0 Å². The fourth-order valence-corrected chi connectivity index (χ4v) is 0.204. The van der Waals surface area contributed by atoms with Crippen molar-refractivity contribution in [2.45, 2.75) is 26.7 Å². The Morgan fingerprint density at radius 2 is 1.67 bits per heavy atom. The molecule has 0 fully saturated rings. The van der Waals surface area contributed by atoms with Crippen LogP contribution in [-0.4, -0.2) is 18.3 Å². The van der Waals surface area contributed by atoms with E-state index >= 15 is 0 Å². The molecule has 0 saturated carbocycles. The van der Waals surface area contributed by atoms with Crippen molar-refractivity contribution in [2.75, 3.05) is 13.2 Å². The van der Waals surface area contributed by atoms with Gasteiger partial charge in [0, 0.05) is 6.61 Å². The SMILES string of the molecule is Br.CCCCN.CCO. The summed E-state index contributed by atoms with van der Waals surface area (Å²) in [5.41, 5.74) is 5.14. The Hall–Kier alpha value is 0.400. The minimum atomic E-state index is 0. The van der Waals surface area contributed by atoms with Gasteiger partial charge in [0.2, 0.25) is 0 Å². The van der Waals surface area contributed by atoms with Crippen molar-refractivity contribution < 1.29 is 5.11 Å². The molecular weight excluding hydrogens is 182 g/mol. The van der Waals surface area contributed by atoms with Gasteiger partial charge >= 0.3 is 0 Å². The average Bonchev–Trinajstić information content (AvgIpc) is 1.71. The number of halogens is 1. The summed E-state index contributed by atoms with van der Waals surface area (Å²) in [4.78, 5) is 0. The van der Waals surface area contributed by atoms with E-state index < -0.39 is 0 Å². The van der Waals surface area contributed by atoms with Gasteiger partial charge < -0.3 is 10.8 Å². The highest BCUT2D eigenvalue weighted by Gasteiger charge is 1.67. The lowest BCUT2D eigenvalue weighted by atomic mass is 10.3. The number of unbranched alkanes of at least 4 members (excludes halogenated alkanes) is 1. The lowest BCUT2D eigenvalue weighted by molar-refractivity contribution is 0.318.